The highest BCUT2D eigenvalue weighted by molar-refractivity contribution is 6.04. The smallest absolute Gasteiger partial charge is 0.303 e. The summed E-state index contributed by atoms with van der Waals surface area (Å²) in [6.45, 7) is 7.75. The predicted molar refractivity (Wildman–Crippen MR) is 107 cm³/mol. The van der Waals surface area contributed by atoms with Gasteiger partial charge in [-0.3, -0.25) is 14.4 Å². The van der Waals surface area contributed by atoms with Crippen LogP contribution in [0.15, 0.2) is 23.3 Å². The second-order valence-corrected chi connectivity index (χ2v) is 10.2. The number of esters is 2. The van der Waals surface area contributed by atoms with Crippen LogP contribution >= 0.6 is 0 Å². The Morgan fingerprint density at radius 2 is 1.81 bits per heavy atom. The largest absolute Gasteiger partial charge is 0.461 e. The van der Waals surface area contributed by atoms with Gasteiger partial charge in [0.05, 0.1) is 11.7 Å². The number of hydrogen-bond acceptors (Lipinski definition) is 8. The van der Waals surface area contributed by atoms with Gasteiger partial charge in [-0.1, -0.05) is 26.0 Å². The third-order valence-corrected chi connectivity index (χ3v) is 8.02. The van der Waals surface area contributed by atoms with Crippen LogP contribution in [0.25, 0.3) is 0 Å². The van der Waals surface area contributed by atoms with E-state index in [1.54, 1.807) is 19.1 Å². The molecule has 0 spiro atoms. The lowest BCUT2D eigenvalue weighted by Crippen LogP contribution is -2.60. The van der Waals surface area contributed by atoms with Crippen LogP contribution in [-0.2, 0) is 23.9 Å². The van der Waals surface area contributed by atoms with E-state index < -0.39 is 63.8 Å². The average Bonchev–Trinajstić information content (AvgIpc) is 3.07. The lowest BCUT2D eigenvalue weighted by atomic mass is 9.63. The van der Waals surface area contributed by atoms with Gasteiger partial charge in [-0.2, -0.15) is 0 Å². The number of ketones is 1. The van der Waals surface area contributed by atoms with Gasteiger partial charge in [-0.05, 0) is 18.1 Å². The summed E-state index contributed by atoms with van der Waals surface area (Å²) in [4.78, 5) is 36.2. The summed E-state index contributed by atoms with van der Waals surface area (Å²) in [6, 6.07) is 0. The number of aliphatic hydroxyl groups excluding tert-OH is 1. The van der Waals surface area contributed by atoms with Gasteiger partial charge in [-0.25, -0.2) is 0 Å². The fourth-order valence-corrected chi connectivity index (χ4v) is 6.76. The molecule has 2 fully saturated rings. The molecule has 170 valence electrons. The highest BCUT2D eigenvalue weighted by Gasteiger charge is 2.85. The molecule has 4 aliphatic carbocycles. The van der Waals surface area contributed by atoms with E-state index in [1.807, 2.05) is 13.8 Å². The Balaban J connectivity index is 1.86. The molecule has 0 aromatic heterocycles. The summed E-state index contributed by atoms with van der Waals surface area (Å²) in [7, 11) is 0. The maximum absolute atomic E-state index is 12.9. The topological polar surface area (TPSA) is 130 Å². The molecule has 31 heavy (non-hydrogen) atoms. The second-order valence-electron chi connectivity index (χ2n) is 10.2. The van der Waals surface area contributed by atoms with Gasteiger partial charge in [0.2, 0.25) is 0 Å². The summed E-state index contributed by atoms with van der Waals surface area (Å²) in [6.07, 6.45) is 1.89. The normalized spacial score (nSPS) is 44.7. The van der Waals surface area contributed by atoms with Crippen molar-refractivity contribution in [3.8, 4) is 0 Å². The van der Waals surface area contributed by atoms with Crippen molar-refractivity contribution in [3.05, 3.63) is 23.3 Å². The van der Waals surface area contributed by atoms with Gasteiger partial charge in [0.25, 0.3) is 0 Å². The highest BCUT2D eigenvalue weighted by Crippen LogP contribution is 2.75. The first-order valence-electron chi connectivity index (χ1n) is 10.6. The molecule has 7 atom stereocenters. The SMILES string of the molecule is CC(=O)OCC1=C[C@H]2[C@@H]3C(C)(C)[C@]3(OC(C)=O)[C@H](O)C[C@]2(O)[C@@H]2C=C(C)C(=O)[C@@]2(O)C1. The molecule has 0 radical (unpaired) electrons. The minimum Gasteiger partial charge on any atom is -0.461 e. The quantitative estimate of drug-likeness (QED) is 0.440. The Morgan fingerprint density at radius 1 is 1.16 bits per heavy atom. The van der Waals surface area contributed by atoms with Crippen LogP contribution in [0.2, 0.25) is 0 Å². The molecule has 0 saturated heterocycles. The highest BCUT2D eigenvalue weighted by atomic mass is 16.6. The van der Waals surface area contributed by atoms with E-state index in [9.17, 15) is 29.7 Å². The van der Waals surface area contributed by atoms with Crippen LogP contribution in [0.5, 0.6) is 0 Å². The van der Waals surface area contributed by atoms with Crippen molar-refractivity contribution < 1.29 is 39.2 Å². The number of carbonyl (C=O) groups is 3. The molecule has 0 amide bonds. The summed E-state index contributed by atoms with van der Waals surface area (Å²) in [5.74, 6) is -3.55. The number of Topliss-reactive ketones (excluding diaryl/α,β-unsaturated/α-hetero) is 1. The van der Waals surface area contributed by atoms with E-state index in [0.29, 0.717) is 11.1 Å². The van der Waals surface area contributed by atoms with Crippen molar-refractivity contribution in [2.45, 2.75) is 70.4 Å². The van der Waals surface area contributed by atoms with Crippen LogP contribution in [0.1, 0.15) is 47.5 Å². The average molecular weight is 434 g/mol. The predicted octanol–water partition coefficient (Wildman–Crippen LogP) is 0.826. The number of hydrogen-bond donors (Lipinski definition) is 3. The number of fused-ring (bicyclic) bond motifs is 5. The molecule has 4 rings (SSSR count). The third-order valence-electron chi connectivity index (χ3n) is 8.02. The molecule has 0 heterocycles. The van der Waals surface area contributed by atoms with E-state index in [2.05, 4.69) is 0 Å². The van der Waals surface area contributed by atoms with Crippen LogP contribution in [0, 0.1) is 23.2 Å². The summed E-state index contributed by atoms with van der Waals surface area (Å²) in [5.41, 5.74) is -4.53. The molecule has 0 aromatic rings. The van der Waals surface area contributed by atoms with Crippen molar-refractivity contribution in [3.63, 3.8) is 0 Å². The van der Waals surface area contributed by atoms with E-state index in [1.165, 1.54) is 13.8 Å². The zero-order valence-electron chi connectivity index (χ0n) is 18.5. The van der Waals surface area contributed by atoms with Gasteiger partial charge >= 0.3 is 11.9 Å². The van der Waals surface area contributed by atoms with Gasteiger partial charge in [0.15, 0.2) is 5.78 Å². The van der Waals surface area contributed by atoms with Gasteiger partial charge in [-0.15, -0.1) is 0 Å². The van der Waals surface area contributed by atoms with Crippen molar-refractivity contribution in [1.29, 1.82) is 0 Å². The third kappa shape index (κ3) is 2.74. The Bertz CT molecular complexity index is 932. The fraction of sp³-hybridized carbons (Fsp3) is 0.696. The van der Waals surface area contributed by atoms with Crippen LogP contribution in [-0.4, -0.2) is 62.6 Å². The molecule has 2 saturated carbocycles. The first-order valence-corrected chi connectivity index (χ1v) is 10.6. The minimum absolute atomic E-state index is 0.0970. The molecule has 3 N–H and O–H groups in total. The van der Waals surface area contributed by atoms with E-state index in [4.69, 9.17) is 9.47 Å². The van der Waals surface area contributed by atoms with E-state index in [0.717, 1.165) is 0 Å². The molecule has 8 heteroatoms. The van der Waals surface area contributed by atoms with E-state index in [-0.39, 0.29) is 19.4 Å². The fourth-order valence-electron chi connectivity index (χ4n) is 6.76. The molecular weight excluding hydrogens is 404 g/mol. The summed E-state index contributed by atoms with van der Waals surface area (Å²) >= 11 is 0. The van der Waals surface area contributed by atoms with Crippen LogP contribution < -0.4 is 0 Å². The molecule has 8 nitrogen and oxygen atoms in total. The summed E-state index contributed by atoms with van der Waals surface area (Å²) in [5, 5.41) is 34.6. The van der Waals surface area contributed by atoms with Gasteiger partial charge < -0.3 is 24.8 Å². The Morgan fingerprint density at radius 3 is 2.39 bits per heavy atom. The Labute approximate surface area is 180 Å². The zero-order chi connectivity index (χ0) is 23.1. The Hall–Kier alpha value is -2.03. The molecule has 0 aromatic carbocycles. The molecule has 0 unspecified atom stereocenters. The number of ether oxygens (including phenoxy) is 2. The monoisotopic (exact) mass is 434 g/mol. The molecule has 0 aliphatic heterocycles. The minimum atomic E-state index is -1.90. The van der Waals surface area contributed by atoms with Crippen molar-refractivity contribution in [2.24, 2.45) is 23.2 Å². The van der Waals surface area contributed by atoms with Gasteiger partial charge in [0.1, 0.15) is 17.8 Å². The standard InChI is InChI=1S/C23H30O8/c1-11-6-16-21(28)9-17(26)23(31-13(3)25)18(20(23,4)5)15(21)7-14(10-30-12(2)24)8-22(16,29)19(11)27/h6-7,15-18,26,28-29H,8-10H2,1-5H3/t15-,16-,17+,18+,21+,22+,23-/m0/s1. The van der Waals surface area contributed by atoms with Crippen molar-refractivity contribution in [1.82, 2.24) is 0 Å². The molecular formula is C23H30O8. The number of aliphatic hydroxyl groups is 3. The number of rotatable bonds is 3. The van der Waals surface area contributed by atoms with E-state index >= 15 is 0 Å². The second kappa shape index (κ2) is 6.49. The first kappa shape index (κ1) is 22.2. The molecule has 0 bridgehead atoms. The van der Waals surface area contributed by atoms with Crippen LogP contribution in [0.4, 0.5) is 0 Å². The molecule has 4 aliphatic rings. The lowest BCUT2D eigenvalue weighted by Gasteiger charge is -2.48. The number of carbonyl (C=O) groups excluding carboxylic acids is 3. The summed E-state index contributed by atoms with van der Waals surface area (Å²) < 4.78 is 10.8. The van der Waals surface area contributed by atoms with Crippen molar-refractivity contribution >= 4 is 17.7 Å². The maximum atomic E-state index is 12.9. The van der Waals surface area contributed by atoms with Crippen LogP contribution in [0.3, 0.4) is 0 Å². The lowest BCUT2D eigenvalue weighted by molar-refractivity contribution is -0.194. The maximum Gasteiger partial charge on any atom is 0.303 e. The van der Waals surface area contributed by atoms with Gasteiger partial charge in [0, 0.05) is 49.9 Å². The first-order chi connectivity index (χ1) is 14.2. The van der Waals surface area contributed by atoms with Crippen molar-refractivity contribution in [2.75, 3.05) is 6.61 Å². The Kier molecular flexibility index (Phi) is 4.65. The zero-order valence-corrected chi connectivity index (χ0v) is 18.5.